The number of aryl methyl sites for hydroxylation is 2. The molecule has 1 atom stereocenters. The van der Waals surface area contributed by atoms with E-state index >= 15 is 0 Å². The van der Waals surface area contributed by atoms with Gasteiger partial charge in [-0.1, -0.05) is 34.1 Å². The second-order valence-corrected chi connectivity index (χ2v) is 5.74. The van der Waals surface area contributed by atoms with Crippen molar-refractivity contribution in [1.29, 1.82) is 0 Å². The van der Waals surface area contributed by atoms with Crippen molar-refractivity contribution in [3.63, 3.8) is 0 Å². The third-order valence-electron chi connectivity index (χ3n) is 3.38. The van der Waals surface area contributed by atoms with E-state index in [1.165, 1.54) is 11.6 Å². The van der Waals surface area contributed by atoms with Crippen molar-refractivity contribution in [2.45, 2.75) is 26.3 Å². The van der Waals surface area contributed by atoms with Gasteiger partial charge in [-0.25, -0.2) is 4.39 Å². The van der Waals surface area contributed by atoms with E-state index in [0.717, 1.165) is 21.2 Å². The lowest BCUT2D eigenvalue weighted by Crippen LogP contribution is -2.14. The average Bonchev–Trinajstić information content (AvgIpc) is 2.37. The van der Waals surface area contributed by atoms with Gasteiger partial charge in [-0.05, 0) is 60.7 Å². The molecule has 3 heteroatoms. The molecule has 19 heavy (non-hydrogen) atoms. The Kier molecular flexibility index (Phi) is 4.38. The van der Waals surface area contributed by atoms with Crippen LogP contribution in [-0.4, -0.2) is 0 Å². The van der Waals surface area contributed by atoms with Gasteiger partial charge < -0.3 is 5.73 Å². The van der Waals surface area contributed by atoms with Gasteiger partial charge in [-0.3, -0.25) is 0 Å². The maximum absolute atomic E-state index is 13.3. The molecule has 0 spiro atoms. The van der Waals surface area contributed by atoms with Crippen LogP contribution in [0.2, 0.25) is 0 Å². The summed E-state index contributed by atoms with van der Waals surface area (Å²) in [7, 11) is 0. The van der Waals surface area contributed by atoms with Crippen LogP contribution in [0.25, 0.3) is 0 Å². The van der Waals surface area contributed by atoms with E-state index in [-0.39, 0.29) is 11.9 Å². The van der Waals surface area contributed by atoms with E-state index in [2.05, 4.69) is 15.9 Å². The minimum absolute atomic E-state index is 0.127. The minimum Gasteiger partial charge on any atom is -0.324 e. The zero-order valence-electron chi connectivity index (χ0n) is 11.1. The molecule has 100 valence electrons. The molecule has 0 amide bonds. The Morgan fingerprint density at radius 3 is 2.47 bits per heavy atom. The number of benzene rings is 2. The summed E-state index contributed by atoms with van der Waals surface area (Å²) < 4.78 is 14.3. The van der Waals surface area contributed by atoms with Gasteiger partial charge in [-0.2, -0.15) is 0 Å². The van der Waals surface area contributed by atoms with Crippen LogP contribution in [0.1, 0.15) is 28.3 Å². The molecule has 1 unspecified atom stereocenters. The van der Waals surface area contributed by atoms with Gasteiger partial charge in [0.2, 0.25) is 0 Å². The normalized spacial score (nSPS) is 12.5. The van der Waals surface area contributed by atoms with Crippen LogP contribution in [0, 0.1) is 19.7 Å². The summed E-state index contributed by atoms with van der Waals surface area (Å²) in [6.07, 6.45) is 0.638. The third-order valence-corrected chi connectivity index (χ3v) is 4.23. The largest absolute Gasteiger partial charge is 0.324 e. The highest BCUT2D eigenvalue weighted by molar-refractivity contribution is 9.10. The predicted octanol–water partition coefficient (Wildman–Crippen LogP) is 4.45. The molecule has 0 aromatic heterocycles. The molecule has 0 aliphatic carbocycles. The van der Waals surface area contributed by atoms with Crippen LogP contribution < -0.4 is 5.73 Å². The zero-order valence-corrected chi connectivity index (χ0v) is 12.7. The Labute approximate surface area is 121 Å². The predicted molar refractivity (Wildman–Crippen MR) is 80.6 cm³/mol. The lowest BCUT2D eigenvalue weighted by Gasteiger charge is -2.15. The van der Waals surface area contributed by atoms with Gasteiger partial charge in [0.15, 0.2) is 0 Å². The lowest BCUT2D eigenvalue weighted by molar-refractivity contribution is 0.621. The molecule has 2 aromatic carbocycles. The number of halogens is 2. The van der Waals surface area contributed by atoms with E-state index in [1.807, 2.05) is 32.0 Å². The van der Waals surface area contributed by atoms with Gasteiger partial charge in [-0.15, -0.1) is 0 Å². The van der Waals surface area contributed by atoms with E-state index < -0.39 is 0 Å². The summed E-state index contributed by atoms with van der Waals surface area (Å²) in [5.41, 5.74) is 10.5. The smallest absolute Gasteiger partial charge is 0.123 e. The van der Waals surface area contributed by atoms with Gasteiger partial charge in [0.25, 0.3) is 0 Å². The molecule has 2 aromatic rings. The summed E-state index contributed by atoms with van der Waals surface area (Å²) in [6.45, 7) is 4.02. The number of hydrogen-bond acceptors (Lipinski definition) is 1. The molecule has 2 N–H and O–H groups in total. The fraction of sp³-hybridized carbons (Fsp3) is 0.250. The zero-order chi connectivity index (χ0) is 14.0. The molecule has 1 nitrogen and oxygen atoms in total. The summed E-state index contributed by atoms with van der Waals surface area (Å²) >= 11 is 3.51. The van der Waals surface area contributed by atoms with Gasteiger partial charge >= 0.3 is 0 Å². The number of hydrogen-bond donors (Lipinski definition) is 1. The van der Waals surface area contributed by atoms with Crippen molar-refractivity contribution in [2.75, 3.05) is 0 Å². The molecule has 0 radical (unpaired) electrons. The van der Waals surface area contributed by atoms with Crippen molar-refractivity contribution in [2.24, 2.45) is 5.73 Å². The summed E-state index contributed by atoms with van der Waals surface area (Å²) in [5.74, 6) is -0.210. The Hall–Kier alpha value is -1.19. The summed E-state index contributed by atoms with van der Waals surface area (Å²) in [6, 6.07) is 10.8. The van der Waals surface area contributed by atoms with Gasteiger partial charge in [0, 0.05) is 10.5 Å². The molecule has 0 heterocycles. The second-order valence-electron chi connectivity index (χ2n) is 4.89. The van der Waals surface area contributed by atoms with Crippen molar-refractivity contribution in [1.82, 2.24) is 0 Å². The monoisotopic (exact) mass is 321 g/mol. The maximum Gasteiger partial charge on any atom is 0.123 e. The molecule has 0 bridgehead atoms. The number of nitrogens with two attached hydrogens (primary N) is 1. The Balaban J connectivity index is 2.22. The van der Waals surface area contributed by atoms with Crippen molar-refractivity contribution >= 4 is 15.9 Å². The highest BCUT2D eigenvalue weighted by atomic mass is 79.9. The van der Waals surface area contributed by atoms with Gasteiger partial charge in [0.05, 0.1) is 0 Å². The molecule has 0 aliphatic rings. The first kappa shape index (κ1) is 14.2. The first-order chi connectivity index (χ1) is 8.97. The Bertz CT molecular complexity index is 595. The Morgan fingerprint density at radius 1 is 1.11 bits per heavy atom. The van der Waals surface area contributed by atoms with E-state index in [4.69, 9.17) is 5.73 Å². The SMILES string of the molecule is Cc1ccc(C(N)Cc2cc(F)ccc2C)cc1Br. The van der Waals surface area contributed by atoms with Gasteiger partial charge in [0.1, 0.15) is 5.82 Å². The molecule has 0 aliphatic heterocycles. The fourth-order valence-electron chi connectivity index (χ4n) is 2.05. The fourth-order valence-corrected chi connectivity index (χ4v) is 2.45. The minimum atomic E-state index is -0.210. The molecule has 0 saturated carbocycles. The van der Waals surface area contributed by atoms with Crippen molar-refractivity contribution < 1.29 is 4.39 Å². The summed E-state index contributed by atoms with van der Waals surface area (Å²) in [4.78, 5) is 0. The van der Waals surface area contributed by atoms with Crippen LogP contribution in [0.4, 0.5) is 4.39 Å². The topological polar surface area (TPSA) is 26.0 Å². The quantitative estimate of drug-likeness (QED) is 0.888. The Morgan fingerprint density at radius 2 is 1.79 bits per heavy atom. The lowest BCUT2D eigenvalue weighted by atomic mass is 9.96. The van der Waals surface area contributed by atoms with Crippen LogP contribution in [0.5, 0.6) is 0 Å². The highest BCUT2D eigenvalue weighted by Crippen LogP contribution is 2.24. The third kappa shape index (κ3) is 3.43. The van der Waals surface area contributed by atoms with Crippen LogP contribution in [-0.2, 0) is 6.42 Å². The van der Waals surface area contributed by atoms with Crippen LogP contribution >= 0.6 is 15.9 Å². The standard InChI is InChI=1S/C16H17BrFN/c1-10-4-6-14(18)7-13(10)9-16(19)12-5-3-11(2)15(17)8-12/h3-8,16H,9,19H2,1-2H3. The molecular formula is C16H17BrFN. The summed E-state index contributed by atoms with van der Waals surface area (Å²) in [5, 5.41) is 0. The van der Waals surface area contributed by atoms with Crippen LogP contribution in [0.15, 0.2) is 40.9 Å². The van der Waals surface area contributed by atoms with E-state index in [1.54, 1.807) is 12.1 Å². The van der Waals surface area contributed by atoms with Crippen LogP contribution in [0.3, 0.4) is 0 Å². The first-order valence-corrected chi connectivity index (χ1v) is 7.03. The molecular weight excluding hydrogens is 305 g/mol. The van der Waals surface area contributed by atoms with Crippen molar-refractivity contribution in [3.8, 4) is 0 Å². The molecule has 0 fully saturated rings. The highest BCUT2D eigenvalue weighted by Gasteiger charge is 2.10. The van der Waals surface area contributed by atoms with E-state index in [9.17, 15) is 4.39 Å². The first-order valence-electron chi connectivity index (χ1n) is 6.24. The average molecular weight is 322 g/mol. The maximum atomic E-state index is 13.3. The second kappa shape index (κ2) is 5.85. The molecule has 0 saturated heterocycles. The molecule has 2 rings (SSSR count). The van der Waals surface area contributed by atoms with E-state index in [0.29, 0.717) is 6.42 Å². The van der Waals surface area contributed by atoms with Crippen molar-refractivity contribution in [3.05, 3.63) is 68.9 Å². The number of rotatable bonds is 3.